The monoisotopic (exact) mass is 248 g/mol. The minimum atomic E-state index is 0.170. The smallest absolute Gasteiger partial charge is 0.0458 e. The molecule has 90 valence electrons. The maximum atomic E-state index is 6.10. The summed E-state index contributed by atoms with van der Waals surface area (Å²) in [6.07, 6.45) is 7.08. The van der Waals surface area contributed by atoms with Gasteiger partial charge in [-0.05, 0) is 36.6 Å². The molecule has 1 saturated carbocycles. The van der Waals surface area contributed by atoms with Crippen LogP contribution in [-0.2, 0) is 5.41 Å². The van der Waals surface area contributed by atoms with Crippen LogP contribution in [0.5, 0.6) is 0 Å². The molecule has 17 heavy (non-hydrogen) atoms. The minimum Gasteiger partial charge on any atom is -0.361 e. The van der Waals surface area contributed by atoms with Gasteiger partial charge in [0.15, 0.2) is 0 Å². The molecule has 1 fully saturated rings. The molecule has 0 spiro atoms. The summed E-state index contributed by atoms with van der Waals surface area (Å²) < 4.78 is 0. The first kappa shape index (κ1) is 11.1. The van der Waals surface area contributed by atoms with Gasteiger partial charge in [0.05, 0.1) is 0 Å². The van der Waals surface area contributed by atoms with Gasteiger partial charge in [-0.2, -0.15) is 0 Å². The highest BCUT2D eigenvalue weighted by Crippen LogP contribution is 2.43. The molecule has 0 bridgehead atoms. The van der Waals surface area contributed by atoms with Crippen molar-refractivity contribution in [2.75, 3.05) is 6.54 Å². The fourth-order valence-corrected chi connectivity index (χ4v) is 3.34. The van der Waals surface area contributed by atoms with Crippen LogP contribution in [0.2, 0.25) is 5.02 Å². The first-order valence-electron chi connectivity index (χ1n) is 6.22. The fraction of sp³-hybridized carbons (Fsp3) is 0.429. The Morgan fingerprint density at radius 1 is 1.29 bits per heavy atom. The maximum Gasteiger partial charge on any atom is 0.0458 e. The van der Waals surface area contributed by atoms with E-state index < -0.39 is 0 Å². The molecule has 2 nitrogen and oxygen atoms in total. The number of benzene rings is 1. The van der Waals surface area contributed by atoms with Gasteiger partial charge in [-0.15, -0.1) is 0 Å². The Morgan fingerprint density at radius 3 is 2.76 bits per heavy atom. The van der Waals surface area contributed by atoms with E-state index in [0.717, 1.165) is 17.1 Å². The van der Waals surface area contributed by atoms with Crippen LogP contribution < -0.4 is 5.73 Å². The number of aromatic amines is 1. The van der Waals surface area contributed by atoms with Gasteiger partial charge in [0, 0.05) is 34.1 Å². The van der Waals surface area contributed by atoms with Crippen LogP contribution in [-0.4, -0.2) is 11.5 Å². The predicted molar refractivity (Wildman–Crippen MR) is 72.5 cm³/mol. The van der Waals surface area contributed by atoms with Crippen LogP contribution in [0.4, 0.5) is 0 Å². The molecule has 0 aliphatic heterocycles. The van der Waals surface area contributed by atoms with Crippen LogP contribution in [0.1, 0.15) is 31.2 Å². The number of hydrogen-bond donors (Lipinski definition) is 2. The summed E-state index contributed by atoms with van der Waals surface area (Å²) in [5.41, 5.74) is 8.72. The number of nitrogens with one attached hydrogen (secondary N) is 1. The lowest BCUT2D eigenvalue weighted by Gasteiger charge is -2.27. The molecule has 3 N–H and O–H groups in total. The summed E-state index contributed by atoms with van der Waals surface area (Å²) in [6, 6.07) is 6.02. The van der Waals surface area contributed by atoms with Crippen molar-refractivity contribution in [2.24, 2.45) is 5.73 Å². The van der Waals surface area contributed by atoms with E-state index in [2.05, 4.69) is 17.2 Å². The quantitative estimate of drug-likeness (QED) is 0.838. The van der Waals surface area contributed by atoms with Crippen molar-refractivity contribution in [1.29, 1.82) is 0 Å². The van der Waals surface area contributed by atoms with Crippen molar-refractivity contribution in [3.63, 3.8) is 0 Å². The summed E-state index contributed by atoms with van der Waals surface area (Å²) in [5.74, 6) is 0. The van der Waals surface area contributed by atoms with Crippen molar-refractivity contribution in [3.05, 3.63) is 35.0 Å². The van der Waals surface area contributed by atoms with Crippen LogP contribution in [0.15, 0.2) is 24.4 Å². The Morgan fingerprint density at radius 2 is 2.06 bits per heavy atom. The second-order valence-electron chi connectivity index (χ2n) is 5.08. The molecule has 1 heterocycles. The van der Waals surface area contributed by atoms with E-state index in [0.29, 0.717) is 0 Å². The molecule has 1 aliphatic carbocycles. The number of H-pyrrole nitrogens is 1. The molecule has 3 rings (SSSR count). The second-order valence-corrected chi connectivity index (χ2v) is 5.52. The number of nitrogens with two attached hydrogens (primary N) is 1. The first-order valence-corrected chi connectivity index (χ1v) is 6.60. The highest BCUT2D eigenvalue weighted by Gasteiger charge is 2.36. The fourth-order valence-electron chi connectivity index (χ4n) is 3.17. The van der Waals surface area contributed by atoms with Crippen LogP contribution in [0, 0.1) is 0 Å². The summed E-state index contributed by atoms with van der Waals surface area (Å²) in [7, 11) is 0. The van der Waals surface area contributed by atoms with Gasteiger partial charge in [-0.3, -0.25) is 0 Å². The molecular formula is C14H17ClN2. The Hall–Kier alpha value is -0.990. The standard InChI is InChI=1S/C14H17ClN2/c15-10-3-4-13-11(7-10)12(8-17-13)14(9-16)5-1-2-6-14/h3-4,7-8,17H,1-2,5-6,9,16H2. The molecule has 0 atom stereocenters. The zero-order chi connectivity index (χ0) is 11.9. The van der Waals surface area contributed by atoms with Gasteiger partial charge in [0.2, 0.25) is 0 Å². The lowest BCUT2D eigenvalue weighted by Crippen LogP contribution is -2.31. The molecule has 1 aromatic heterocycles. The molecule has 1 aromatic carbocycles. The number of hydrogen-bond acceptors (Lipinski definition) is 1. The number of halogens is 1. The summed E-state index contributed by atoms with van der Waals surface area (Å²) in [6.45, 7) is 0.729. The number of fused-ring (bicyclic) bond motifs is 1. The first-order chi connectivity index (χ1) is 8.25. The van der Waals surface area contributed by atoms with E-state index in [1.807, 2.05) is 12.1 Å². The highest BCUT2D eigenvalue weighted by atomic mass is 35.5. The van der Waals surface area contributed by atoms with Gasteiger partial charge in [-0.1, -0.05) is 24.4 Å². The normalized spacial score (nSPS) is 18.9. The molecule has 0 saturated heterocycles. The Balaban J connectivity index is 2.19. The maximum absolute atomic E-state index is 6.10. The average molecular weight is 249 g/mol. The van der Waals surface area contributed by atoms with Crippen molar-refractivity contribution in [2.45, 2.75) is 31.1 Å². The average Bonchev–Trinajstić information content (AvgIpc) is 2.94. The van der Waals surface area contributed by atoms with Crippen molar-refractivity contribution in [1.82, 2.24) is 4.98 Å². The highest BCUT2D eigenvalue weighted by molar-refractivity contribution is 6.31. The SMILES string of the molecule is NCC1(c2c[nH]c3ccc(Cl)cc23)CCCC1. The molecule has 0 amide bonds. The van der Waals surface area contributed by atoms with Gasteiger partial charge >= 0.3 is 0 Å². The van der Waals surface area contributed by atoms with E-state index in [1.165, 1.54) is 36.6 Å². The summed E-state index contributed by atoms with van der Waals surface area (Å²) in [4.78, 5) is 3.34. The Bertz CT molecular complexity index is 538. The van der Waals surface area contributed by atoms with Gasteiger partial charge < -0.3 is 10.7 Å². The van der Waals surface area contributed by atoms with E-state index >= 15 is 0 Å². The Labute approximate surface area is 106 Å². The molecule has 3 heteroatoms. The Kier molecular flexibility index (Phi) is 2.64. The second kappa shape index (κ2) is 4.04. The van der Waals surface area contributed by atoms with Crippen LogP contribution in [0.3, 0.4) is 0 Å². The number of aromatic nitrogens is 1. The molecule has 0 unspecified atom stereocenters. The predicted octanol–water partition coefficient (Wildman–Crippen LogP) is 3.59. The number of rotatable bonds is 2. The van der Waals surface area contributed by atoms with Gasteiger partial charge in [0.1, 0.15) is 0 Å². The zero-order valence-electron chi connectivity index (χ0n) is 9.80. The summed E-state index contributed by atoms with van der Waals surface area (Å²) in [5, 5.41) is 2.04. The van der Waals surface area contributed by atoms with Gasteiger partial charge in [0.25, 0.3) is 0 Å². The van der Waals surface area contributed by atoms with Crippen LogP contribution >= 0.6 is 11.6 Å². The lowest BCUT2D eigenvalue weighted by molar-refractivity contribution is 0.457. The molecular weight excluding hydrogens is 232 g/mol. The molecule has 2 aromatic rings. The molecule has 1 aliphatic rings. The van der Waals surface area contributed by atoms with E-state index in [-0.39, 0.29) is 5.41 Å². The summed E-state index contributed by atoms with van der Waals surface area (Å²) >= 11 is 6.10. The zero-order valence-corrected chi connectivity index (χ0v) is 10.6. The van der Waals surface area contributed by atoms with E-state index in [4.69, 9.17) is 17.3 Å². The van der Waals surface area contributed by atoms with Gasteiger partial charge in [-0.25, -0.2) is 0 Å². The minimum absolute atomic E-state index is 0.170. The third-order valence-electron chi connectivity index (χ3n) is 4.17. The van der Waals surface area contributed by atoms with Crippen molar-refractivity contribution < 1.29 is 0 Å². The van der Waals surface area contributed by atoms with E-state index in [9.17, 15) is 0 Å². The third-order valence-corrected chi connectivity index (χ3v) is 4.40. The van der Waals surface area contributed by atoms with Crippen molar-refractivity contribution in [3.8, 4) is 0 Å². The van der Waals surface area contributed by atoms with Crippen molar-refractivity contribution >= 4 is 22.5 Å². The lowest BCUT2D eigenvalue weighted by atomic mass is 9.79. The largest absolute Gasteiger partial charge is 0.361 e. The molecule has 0 radical (unpaired) electrons. The third kappa shape index (κ3) is 1.67. The topological polar surface area (TPSA) is 41.8 Å². The van der Waals surface area contributed by atoms with E-state index in [1.54, 1.807) is 0 Å². The van der Waals surface area contributed by atoms with Crippen LogP contribution in [0.25, 0.3) is 10.9 Å².